The SMILES string of the molecule is Cc1cccc(C)c1-c1cc(C)c(=O)n(C)c1. The summed E-state index contributed by atoms with van der Waals surface area (Å²) in [4.78, 5) is 11.7. The maximum absolute atomic E-state index is 11.7. The van der Waals surface area contributed by atoms with Crippen molar-refractivity contribution in [3.05, 3.63) is 57.5 Å². The minimum Gasteiger partial charge on any atom is -0.318 e. The summed E-state index contributed by atoms with van der Waals surface area (Å²) in [7, 11) is 1.80. The van der Waals surface area contributed by atoms with Gasteiger partial charge in [0, 0.05) is 18.8 Å². The molecule has 0 aliphatic carbocycles. The Morgan fingerprint density at radius 1 is 1.00 bits per heavy atom. The maximum atomic E-state index is 11.7. The molecule has 0 amide bonds. The summed E-state index contributed by atoms with van der Waals surface area (Å²) in [5.74, 6) is 0. The summed E-state index contributed by atoms with van der Waals surface area (Å²) in [6.45, 7) is 6.06. The Morgan fingerprint density at radius 2 is 1.59 bits per heavy atom. The molecule has 17 heavy (non-hydrogen) atoms. The monoisotopic (exact) mass is 227 g/mol. The molecule has 0 N–H and O–H groups in total. The summed E-state index contributed by atoms with van der Waals surface area (Å²) in [5, 5.41) is 0. The summed E-state index contributed by atoms with van der Waals surface area (Å²) >= 11 is 0. The fraction of sp³-hybridized carbons (Fsp3) is 0.267. The van der Waals surface area contributed by atoms with Crippen LogP contribution in [0.1, 0.15) is 16.7 Å². The van der Waals surface area contributed by atoms with Crippen LogP contribution in [-0.4, -0.2) is 4.57 Å². The molecule has 0 radical (unpaired) electrons. The first kappa shape index (κ1) is 11.6. The molecule has 2 aromatic rings. The van der Waals surface area contributed by atoms with Gasteiger partial charge in [0.2, 0.25) is 0 Å². The second-order valence-corrected chi connectivity index (χ2v) is 4.59. The van der Waals surface area contributed by atoms with Crippen LogP contribution in [0.15, 0.2) is 35.3 Å². The first-order valence-electron chi connectivity index (χ1n) is 5.74. The molecule has 0 saturated carbocycles. The molecule has 0 saturated heterocycles. The lowest BCUT2D eigenvalue weighted by molar-refractivity contribution is 0.850. The van der Waals surface area contributed by atoms with Gasteiger partial charge in [0.05, 0.1) is 0 Å². The lowest BCUT2D eigenvalue weighted by atomic mass is 9.96. The lowest BCUT2D eigenvalue weighted by Gasteiger charge is -2.12. The molecule has 0 unspecified atom stereocenters. The predicted molar refractivity (Wildman–Crippen MR) is 71.3 cm³/mol. The van der Waals surface area contributed by atoms with Gasteiger partial charge in [-0.1, -0.05) is 18.2 Å². The van der Waals surface area contributed by atoms with E-state index in [2.05, 4.69) is 32.0 Å². The van der Waals surface area contributed by atoms with Gasteiger partial charge in [-0.2, -0.15) is 0 Å². The van der Waals surface area contributed by atoms with Gasteiger partial charge >= 0.3 is 0 Å². The Hall–Kier alpha value is -1.83. The largest absolute Gasteiger partial charge is 0.318 e. The van der Waals surface area contributed by atoms with Crippen molar-refractivity contribution in [1.82, 2.24) is 4.57 Å². The Kier molecular flexibility index (Phi) is 2.88. The highest BCUT2D eigenvalue weighted by Crippen LogP contribution is 2.26. The van der Waals surface area contributed by atoms with Gasteiger partial charge in [-0.25, -0.2) is 0 Å². The first-order chi connectivity index (χ1) is 8.00. The van der Waals surface area contributed by atoms with Gasteiger partial charge in [-0.05, 0) is 49.1 Å². The molecule has 2 heteroatoms. The van der Waals surface area contributed by atoms with Crippen molar-refractivity contribution in [1.29, 1.82) is 0 Å². The van der Waals surface area contributed by atoms with Crippen molar-refractivity contribution in [3.63, 3.8) is 0 Å². The zero-order chi connectivity index (χ0) is 12.6. The zero-order valence-corrected chi connectivity index (χ0v) is 10.7. The Bertz CT molecular complexity index is 577. The minimum atomic E-state index is 0.0694. The van der Waals surface area contributed by atoms with Crippen LogP contribution in [0.3, 0.4) is 0 Å². The molecule has 0 bridgehead atoms. The van der Waals surface area contributed by atoms with Gasteiger partial charge < -0.3 is 4.57 Å². The van der Waals surface area contributed by atoms with Gasteiger partial charge in [0.25, 0.3) is 5.56 Å². The molecule has 88 valence electrons. The third kappa shape index (κ3) is 2.03. The van der Waals surface area contributed by atoms with Crippen molar-refractivity contribution in [2.75, 3.05) is 0 Å². The molecular formula is C15H17NO. The number of benzene rings is 1. The predicted octanol–water partition coefficient (Wildman–Crippen LogP) is 2.98. The van der Waals surface area contributed by atoms with Gasteiger partial charge in [0.1, 0.15) is 0 Å². The Balaban J connectivity index is 2.74. The van der Waals surface area contributed by atoms with Crippen LogP contribution in [-0.2, 0) is 7.05 Å². The number of aryl methyl sites for hydroxylation is 4. The average molecular weight is 227 g/mol. The van der Waals surface area contributed by atoms with Crippen molar-refractivity contribution in [2.45, 2.75) is 20.8 Å². The van der Waals surface area contributed by atoms with Crippen LogP contribution in [0.25, 0.3) is 11.1 Å². The summed E-state index contributed by atoms with van der Waals surface area (Å²) < 4.78 is 1.65. The second kappa shape index (κ2) is 4.21. The molecule has 1 aromatic heterocycles. The van der Waals surface area contributed by atoms with Crippen molar-refractivity contribution < 1.29 is 0 Å². The highest BCUT2D eigenvalue weighted by atomic mass is 16.1. The molecule has 0 spiro atoms. The number of nitrogens with zero attached hydrogens (tertiary/aromatic N) is 1. The fourth-order valence-corrected chi connectivity index (χ4v) is 2.28. The van der Waals surface area contributed by atoms with E-state index in [9.17, 15) is 4.79 Å². The maximum Gasteiger partial charge on any atom is 0.253 e. The smallest absolute Gasteiger partial charge is 0.253 e. The average Bonchev–Trinajstić information content (AvgIpc) is 2.25. The molecule has 1 aromatic carbocycles. The second-order valence-electron chi connectivity index (χ2n) is 4.59. The Labute approximate surface area is 102 Å². The van der Waals surface area contributed by atoms with Crippen LogP contribution in [0, 0.1) is 20.8 Å². The number of hydrogen-bond acceptors (Lipinski definition) is 1. The quantitative estimate of drug-likeness (QED) is 0.734. The van der Waals surface area contributed by atoms with Crippen molar-refractivity contribution in [2.24, 2.45) is 7.05 Å². The normalized spacial score (nSPS) is 10.6. The molecule has 2 rings (SSSR count). The van der Waals surface area contributed by atoms with E-state index < -0.39 is 0 Å². The summed E-state index contributed by atoms with van der Waals surface area (Å²) in [6, 6.07) is 8.23. The molecule has 0 fully saturated rings. The molecule has 0 aliphatic rings. The van der Waals surface area contributed by atoms with Gasteiger partial charge in [0.15, 0.2) is 0 Å². The van der Waals surface area contributed by atoms with E-state index in [1.165, 1.54) is 16.7 Å². The first-order valence-corrected chi connectivity index (χ1v) is 5.74. The van der Waals surface area contributed by atoms with E-state index in [1.54, 1.807) is 11.6 Å². The van der Waals surface area contributed by atoms with Crippen LogP contribution >= 0.6 is 0 Å². The topological polar surface area (TPSA) is 22.0 Å². The fourth-order valence-electron chi connectivity index (χ4n) is 2.28. The third-order valence-electron chi connectivity index (χ3n) is 3.13. The standard InChI is InChI=1S/C15H17NO/c1-10-6-5-7-11(2)14(10)13-8-12(3)15(17)16(4)9-13/h5-9H,1-4H3. The van der Waals surface area contributed by atoms with Crippen molar-refractivity contribution >= 4 is 0 Å². The molecule has 0 atom stereocenters. The number of pyridine rings is 1. The number of rotatable bonds is 1. The summed E-state index contributed by atoms with van der Waals surface area (Å²) in [5.41, 5.74) is 5.67. The van der Waals surface area contributed by atoms with E-state index in [1.807, 2.05) is 19.2 Å². The molecule has 1 heterocycles. The third-order valence-corrected chi connectivity index (χ3v) is 3.13. The van der Waals surface area contributed by atoms with Crippen LogP contribution in [0.4, 0.5) is 0 Å². The van der Waals surface area contributed by atoms with Crippen LogP contribution < -0.4 is 5.56 Å². The van der Waals surface area contributed by atoms with Crippen molar-refractivity contribution in [3.8, 4) is 11.1 Å². The van der Waals surface area contributed by atoms with Crippen LogP contribution in [0.2, 0.25) is 0 Å². The number of aromatic nitrogens is 1. The molecular weight excluding hydrogens is 210 g/mol. The van der Waals surface area contributed by atoms with E-state index in [0.717, 1.165) is 11.1 Å². The van der Waals surface area contributed by atoms with E-state index in [0.29, 0.717) is 0 Å². The van der Waals surface area contributed by atoms with E-state index in [-0.39, 0.29) is 5.56 Å². The number of hydrogen-bond donors (Lipinski definition) is 0. The highest BCUT2D eigenvalue weighted by molar-refractivity contribution is 5.70. The van der Waals surface area contributed by atoms with E-state index >= 15 is 0 Å². The van der Waals surface area contributed by atoms with Gasteiger partial charge in [-0.3, -0.25) is 4.79 Å². The molecule has 2 nitrogen and oxygen atoms in total. The summed E-state index contributed by atoms with van der Waals surface area (Å²) in [6.07, 6.45) is 1.91. The Morgan fingerprint density at radius 3 is 2.12 bits per heavy atom. The van der Waals surface area contributed by atoms with E-state index in [4.69, 9.17) is 0 Å². The highest BCUT2D eigenvalue weighted by Gasteiger charge is 2.07. The minimum absolute atomic E-state index is 0.0694. The lowest BCUT2D eigenvalue weighted by Crippen LogP contribution is -2.18. The van der Waals surface area contributed by atoms with Gasteiger partial charge in [-0.15, -0.1) is 0 Å². The van der Waals surface area contributed by atoms with Crippen LogP contribution in [0.5, 0.6) is 0 Å². The molecule has 0 aliphatic heterocycles. The zero-order valence-electron chi connectivity index (χ0n) is 10.7.